The fourth-order valence-electron chi connectivity index (χ4n) is 1.86. The van der Waals surface area contributed by atoms with Crippen molar-refractivity contribution in [1.82, 2.24) is 9.88 Å². The lowest BCUT2D eigenvalue weighted by Gasteiger charge is -2.19. The minimum Gasteiger partial charge on any atom is -0.337 e. The van der Waals surface area contributed by atoms with Gasteiger partial charge in [0.1, 0.15) is 0 Å². The van der Waals surface area contributed by atoms with Crippen molar-refractivity contribution in [1.29, 1.82) is 0 Å². The van der Waals surface area contributed by atoms with Gasteiger partial charge in [0.05, 0.1) is 12.1 Å². The van der Waals surface area contributed by atoms with Gasteiger partial charge in [-0.1, -0.05) is 0 Å². The second kappa shape index (κ2) is 3.38. The van der Waals surface area contributed by atoms with Gasteiger partial charge in [-0.2, -0.15) is 0 Å². The first kappa shape index (κ1) is 9.15. The maximum absolute atomic E-state index is 11.5. The SMILES string of the molecule is CN1C(=O)C(N)CC1c1ccncc1. The van der Waals surface area contributed by atoms with Crippen LogP contribution in [-0.4, -0.2) is 28.9 Å². The van der Waals surface area contributed by atoms with E-state index in [0.717, 1.165) is 5.56 Å². The zero-order chi connectivity index (χ0) is 10.1. The lowest BCUT2D eigenvalue weighted by atomic mass is 10.1. The number of carbonyl (C=O) groups is 1. The summed E-state index contributed by atoms with van der Waals surface area (Å²) in [4.78, 5) is 17.1. The standard InChI is InChI=1S/C10H13N3O/c1-13-9(6-8(11)10(13)14)7-2-4-12-5-3-7/h2-5,8-9H,6,11H2,1H3. The molecule has 0 spiro atoms. The van der Waals surface area contributed by atoms with Gasteiger partial charge in [0, 0.05) is 19.4 Å². The van der Waals surface area contributed by atoms with Crippen LogP contribution in [0, 0.1) is 0 Å². The molecule has 74 valence electrons. The monoisotopic (exact) mass is 191 g/mol. The van der Waals surface area contributed by atoms with Gasteiger partial charge < -0.3 is 10.6 Å². The second-order valence-corrected chi connectivity index (χ2v) is 3.59. The molecule has 0 saturated carbocycles. The van der Waals surface area contributed by atoms with Crippen molar-refractivity contribution < 1.29 is 4.79 Å². The molecule has 1 fully saturated rings. The molecule has 0 bridgehead atoms. The van der Waals surface area contributed by atoms with Crippen molar-refractivity contribution in [2.45, 2.75) is 18.5 Å². The van der Waals surface area contributed by atoms with Crippen LogP contribution < -0.4 is 5.73 Å². The summed E-state index contributed by atoms with van der Waals surface area (Å²) in [5, 5.41) is 0. The number of amides is 1. The van der Waals surface area contributed by atoms with Crippen LogP contribution in [0.25, 0.3) is 0 Å². The van der Waals surface area contributed by atoms with E-state index in [9.17, 15) is 4.79 Å². The van der Waals surface area contributed by atoms with Gasteiger partial charge in [0.2, 0.25) is 5.91 Å². The maximum atomic E-state index is 11.5. The Morgan fingerprint density at radius 2 is 2.14 bits per heavy atom. The average molecular weight is 191 g/mol. The summed E-state index contributed by atoms with van der Waals surface area (Å²) in [6.07, 6.45) is 4.16. The molecule has 4 nitrogen and oxygen atoms in total. The Morgan fingerprint density at radius 1 is 1.50 bits per heavy atom. The molecule has 1 aromatic heterocycles. The molecule has 2 unspecified atom stereocenters. The molecule has 0 aliphatic carbocycles. The molecular formula is C10H13N3O. The molecule has 1 aliphatic heterocycles. The van der Waals surface area contributed by atoms with E-state index in [2.05, 4.69) is 4.98 Å². The first-order valence-corrected chi connectivity index (χ1v) is 4.62. The van der Waals surface area contributed by atoms with Gasteiger partial charge >= 0.3 is 0 Å². The van der Waals surface area contributed by atoms with Crippen molar-refractivity contribution in [3.63, 3.8) is 0 Å². The number of pyridine rings is 1. The molecule has 0 radical (unpaired) electrons. The van der Waals surface area contributed by atoms with Gasteiger partial charge in [-0.25, -0.2) is 0 Å². The van der Waals surface area contributed by atoms with Crippen LogP contribution in [-0.2, 0) is 4.79 Å². The van der Waals surface area contributed by atoms with E-state index in [1.807, 2.05) is 12.1 Å². The summed E-state index contributed by atoms with van der Waals surface area (Å²) in [7, 11) is 1.79. The number of aromatic nitrogens is 1. The van der Waals surface area contributed by atoms with Gasteiger partial charge in [-0.15, -0.1) is 0 Å². The van der Waals surface area contributed by atoms with Crippen LogP contribution in [0.5, 0.6) is 0 Å². The third-order valence-electron chi connectivity index (χ3n) is 2.70. The minimum atomic E-state index is -0.349. The van der Waals surface area contributed by atoms with Crippen molar-refractivity contribution in [2.75, 3.05) is 7.05 Å². The van der Waals surface area contributed by atoms with E-state index in [0.29, 0.717) is 6.42 Å². The topological polar surface area (TPSA) is 59.2 Å². The number of carbonyl (C=O) groups excluding carboxylic acids is 1. The molecule has 4 heteroatoms. The fourth-order valence-corrected chi connectivity index (χ4v) is 1.86. The zero-order valence-electron chi connectivity index (χ0n) is 8.05. The molecule has 2 N–H and O–H groups in total. The number of likely N-dealkylation sites (N-methyl/N-ethyl adjacent to an activating group) is 1. The van der Waals surface area contributed by atoms with E-state index in [-0.39, 0.29) is 18.0 Å². The summed E-state index contributed by atoms with van der Waals surface area (Å²) in [6, 6.07) is 3.61. The third kappa shape index (κ3) is 1.37. The van der Waals surface area contributed by atoms with E-state index in [1.54, 1.807) is 24.3 Å². The Morgan fingerprint density at radius 3 is 2.64 bits per heavy atom. The first-order valence-electron chi connectivity index (χ1n) is 4.62. The fraction of sp³-hybridized carbons (Fsp3) is 0.400. The average Bonchev–Trinajstić information content (AvgIpc) is 2.47. The molecule has 14 heavy (non-hydrogen) atoms. The Labute approximate surface area is 82.7 Å². The molecular weight excluding hydrogens is 178 g/mol. The quantitative estimate of drug-likeness (QED) is 0.695. The highest BCUT2D eigenvalue weighted by Crippen LogP contribution is 2.29. The minimum absolute atomic E-state index is 0.0202. The van der Waals surface area contributed by atoms with Crippen molar-refractivity contribution in [2.24, 2.45) is 5.73 Å². The Bertz CT molecular complexity index is 338. The third-order valence-corrected chi connectivity index (χ3v) is 2.70. The van der Waals surface area contributed by atoms with Crippen LogP contribution >= 0.6 is 0 Å². The molecule has 2 atom stereocenters. The zero-order valence-corrected chi connectivity index (χ0v) is 8.05. The van der Waals surface area contributed by atoms with Crippen molar-refractivity contribution >= 4 is 5.91 Å². The molecule has 1 aliphatic rings. The highest BCUT2D eigenvalue weighted by molar-refractivity contribution is 5.84. The number of hydrogen-bond acceptors (Lipinski definition) is 3. The molecule has 2 rings (SSSR count). The van der Waals surface area contributed by atoms with E-state index >= 15 is 0 Å². The molecule has 1 amide bonds. The number of likely N-dealkylation sites (tertiary alicyclic amines) is 1. The van der Waals surface area contributed by atoms with Crippen molar-refractivity contribution in [3.8, 4) is 0 Å². The van der Waals surface area contributed by atoms with Gasteiger partial charge in [-0.05, 0) is 24.1 Å². The summed E-state index contributed by atoms with van der Waals surface area (Å²) in [5.41, 5.74) is 6.79. The number of nitrogens with zero attached hydrogens (tertiary/aromatic N) is 2. The predicted molar refractivity (Wildman–Crippen MR) is 52.3 cm³/mol. The van der Waals surface area contributed by atoms with Gasteiger partial charge in [-0.3, -0.25) is 9.78 Å². The number of rotatable bonds is 1. The summed E-state index contributed by atoms with van der Waals surface area (Å²) >= 11 is 0. The normalized spacial score (nSPS) is 27.0. The van der Waals surface area contributed by atoms with Gasteiger partial charge in [0.25, 0.3) is 0 Å². The lowest BCUT2D eigenvalue weighted by Crippen LogP contribution is -2.31. The van der Waals surface area contributed by atoms with Crippen LogP contribution in [0.3, 0.4) is 0 Å². The van der Waals surface area contributed by atoms with Crippen LogP contribution in [0.2, 0.25) is 0 Å². The van der Waals surface area contributed by atoms with Crippen LogP contribution in [0.15, 0.2) is 24.5 Å². The summed E-state index contributed by atoms with van der Waals surface area (Å²) in [5.74, 6) is 0.0202. The van der Waals surface area contributed by atoms with Gasteiger partial charge in [0.15, 0.2) is 0 Å². The lowest BCUT2D eigenvalue weighted by molar-refractivity contribution is -0.128. The molecule has 2 heterocycles. The van der Waals surface area contributed by atoms with Crippen LogP contribution in [0.1, 0.15) is 18.0 Å². The summed E-state index contributed by atoms with van der Waals surface area (Å²) in [6.45, 7) is 0. The van der Waals surface area contributed by atoms with Crippen molar-refractivity contribution in [3.05, 3.63) is 30.1 Å². The van der Waals surface area contributed by atoms with E-state index < -0.39 is 0 Å². The highest BCUT2D eigenvalue weighted by Gasteiger charge is 2.35. The Hall–Kier alpha value is -1.42. The Kier molecular flexibility index (Phi) is 2.21. The molecule has 1 aromatic rings. The van der Waals surface area contributed by atoms with E-state index in [1.165, 1.54) is 0 Å². The second-order valence-electron chi connectivity index (χ2n) is 3.59. The smallest absolute Gasteiger partial charge is 0.239 e. The first-order chi connectivity index (χ1) is 6.70. The number of hydrogen-bond donors (Lipinski definition) is 1. The summed E-state index contributed by atoms with van der Waals surface area (Å²) < 4.78 is 0. The van der Waals surface area contributed by atoms with E-state index in [4.69, 9.17) is 5.73 Å². The highest BCUT2D eigenvalue weighted by atomic mass is 16.2. The Balaban J connectivity index is 2.26. The maximum Gasteiger partial charge on any atom is 0.239 e. The largest absolute Gasteiger partial charge is 0.337 e. The van der Waals surface area contributed by atoms with Crippen LogP contribution in [0.4, 0.5) is 0 Å². The predicted octanol–water partition coefficient (Wildman–Crippen LogP) is 0.312. The number of nitrogens with two attached hydrogens (primary N) is 1. The molecule has 0 aromatic carbocycles. The molecule has 1 saturated heterocycles.